The number of carbonyl (C=O) groups is 1. The molecule has 2 aromatic heterocycles. The van der Waals surface area contributed by atoms with Crippen molar-refractivity contribution in [2.24, 2.45) is 0 Å². The molecule has 2 heterocycles. The van der Waals surface area contributed by atoms with Crippen LogP contribution in [0, 0.1) is 6.92 Å². The van der Waals surface area contributed by atoms with E-state index in [1.807, 2.05) is 27.7 Å². The molecule has 112 valence electrons. The summed E-state index contributed by atoms with van der Waals surface area (Å²) in [6.07, 6.45) is 3.39. The van der Waals surface area contributed by atoms with Crippen molar-refractivity contribution in [1.29, 1.82) is 0 Å². The molecule has 0 saturated carbocycles. The molecular formula is C14H19N5OS. The van der Waals surface area contributed by atoms with E-state index < -0.39 is 0 Å². The van der Waals surface area contributed by atoms with Gasteiger partial charge in [-0.25, -0.2) is 15.0 Å². The van der Waals surface area contributed by atoms with Crippen molar-refractivity contribution in [3.63, 3.8) is 0 Å². The Morgan fingerprint density at radius 3 is 2.67 bits per heavy atom. The summed E-state index contributed by atoms with van der Waals surface area (Å²) in [5.74, 6) is 0.538. The number of thiazole rings is 1. The molecular weight excluding hydrogens is 286 g/mol. The van der Waals surface area contributed by atoms with Crippen molar-refractivity contribution in [2.45, 2.75) is 33.6 Å². The third-order valence-corrected chi connectivity index (χ3v) is 3.58. The van der Waals surface area contributed by atoms with Crippen molar-refractivity contribution in [3.8, 4) is 0 Å². The maximum atomic E-state index is 12.4. The smallest absolute Gasteiger partial charge is 0.278 e. The topological polar surface area (TPSA) is 79.8 Å². The van der Waals surface area contributed by atoms with E-state index in [0.29, 0.717) is 28.9 Å². The summed E-state index contributed by atoms with van der Waals surface area (Å²) in [5, 5.41) is 6.47. The first-order valence-electron chi connectivity index (χ1n) is 6.85. The van der Waals surface area contributed by atoms with Gasteiger partial charge in [0.2, 0.25) is 0 Å². The number of amides is 1. The van der Waals surface area contributed by atoms with Gasteiger partial charge in [0.1, 0.15) is 5.82 Å². The molecule has 0 aliphatic carbocycles. The van der Waals surface area contributed by atoms with E-state index in [1.165, 1.54) is 11.3 Å². The Hall–Kier alpha value is -2.02. The zero-order valence-electron chi connectivity index (χ0n) is 12.6. The second kappa shape index (κ2) is 6.62. The van der Waals surface area contributed by atoms with E-state index in [4.69, 9.17) is 0 Å². The second-order valence-electron chi connectivity index (χ2n) is 4.91. The van der Waals surface area contributed by atoms with Crippen LogP contribution in [0.15, 0.2) is 12.4 Å². The average Bonchev–Trinajstić information content (AvgIpc) is 2.84. The minimum Gasteiger partial charge on any atom is -0.382 e. The number of rotatable bonds is 5. The predicted octanol–water partition coefficient (Wildman–Crippen LogP) is 3.05. The number of nitrogens with one attached hydrogen (secondary N) is 2. The van der Waals surface area contributed by atoms with Crippen LogP contribution < -0.4 is 10.6 Å². The van der Waals surface area contributed by atoms with E-state index in [0.717, 1.165) is 4.88 Å². The van der Waals surface area contributed by atoms with Gasteiger partial charge in [-0.15, -0.1) is 11.3 Å². The molecule has 21 heavy (non-hydrogen) atoms. The number of nitrogens with zero attached hydrogens (tertiary/aromatic N) is 3. The number of aromatic nitrogens is 3. The van der Waals surface area contributed by atoms with Crippen molar-refractivity contribution >= 4 is 28.1 Å². The molecule has 2 aromatic rings. The third-order valence-electron chi connectivity index (χ3n) is 2.75. The largest absolute Gasteiger partial charge is 0.382 e. The molecule has 2 rings (SSSR count). The van der Waals surface area contributed by atoms with Crippen LogP contribution in [0.1, 0.15) is 47.9 Å². The lowest BCUT2D eigenvalue weighted by Crippen LogP contribution is -2.18. The van der Waals surface area contributed by atoms with Gasteiger partial charge in [0.15, 0.2) is 10.8 Å². The van der Waals surface area contributed by atoms with E-state index in [-0.39, 0.29) is 11.8 Å². The fourth-order valence-corrected chi connectivity index (χ4v) is 2.39. The summed E-state index contributed by atoms with van der Waals surface area (Å²) in [6.45, 7) is 8.59. The van der Waals surface area contributed by atoms with E-state index in [9.17, 15) is 4.79 Å². The van der Waals surface area contributed by atoms with Crippen LogP contribution >= 0.6 is 11.3 Å². The zero-order valence-corrected chi connectivity index (χ0v) is 13.4. The van der Waals surface area contributed by atoms with Gasteiger partial charge in [0.05, 0.1) is 11.9 Å². The summed E-state index contributed by atoms with van der Waals surface area (Å²) in [4.78, 5) is 26.3. The van der Waals surface area contributed by atoms with Gasteiger partial charge in [-0.05, 0) is 13.8 Å². The maximum Gasteiger partial charge on any atom is 0.278 e. The van der Waals surface area contributed by atoms with Gasteiger partial charge < -0.3 is 5.32 Å². The van der Waals surface area contributed by atoms with Gasteiger partial charge in [-0.1, -0.05) is 13.8 Å². The van der Waals surface area contributed by atoms with Crippen LogP contribution in [-0.2, 0) is 0 Å². The highest BCUT2D eigenvalue weighted by Gasteiger charge is 2.17. The third kappa shape index (κ3) is 3.75. The molecule has 0 saturated heterocycles. The Bertz CT molecular complexity index is 638. The average molecular weight is 305 g/mol. The van der Waals surface area contributed by atoms with Gasteiger partial charge >= 0.3 is 0 Å². The van der Waals surface area contributed by atoms with Crippen LogP contribution in [-0.4, -0.2) is 27.4 Å². The summed E-state index contributed by atoms with van der Waals surface area (Å²) in [6, 6.07) is 0. The Morgan fingerprint density at radius 2 is 2.10 bits per heavy atom. The van der Waals surface area contributed by atoms with Crippen molar-refractivity contribution in [2.75, 3.05) is 17.2 Å². The molecule has 1 amide bonds. The van der Waals surface area contributed by atoms with Crippen LogP contribution in [0.4, 0.5) is 10.8 Å². The first-order chi connectivity index (χ1) is 10.0. The molecule has 0 bridgehead atoms. The number of hydrogen-bond donors (Lipinski definition) is 2. The zero-order chi connectivity index (χ0) is 15.4. The van der Waals surface area contributed by atoms with Crippen molar-refractivity contribution in [3.05, 3.63) is 28.8 Å². The molecule has 0 spiro atoms. The van der Waals surface area contributed by atoms with Crippen LogP contribution in [0.2, 0.25) is 0 Å². The number of hydrogen-bond acceptors (Lipinski definition) is 6. The minimum atomic E-state index is -0.274. The SMILES string of the molecule is CCNc1cnc(C(C)C)nc1C(=O)Nc1ncc(C)s1. The lowest BCUT2D eigenvalue weighted by atomic mass is 10.2. The first-order valence-corrected chi connectivity index (χ1v) is 7.67. The Kier molecular flexibility index (Phi) is 4.85. The molecule has 0 fully saturated rings. The molecule has 7 heteroatoms. The highest BCUT2D eigenvalue weighted by Crippen LogP contribution is 2.20. The molecule has 0 unspecified atom stereocenters. The normalized spacial score (nSPS) is 10.7. The molecule has 0 atom stereocenters. The molecule has 0 aromatic carbocycles. The molecule has 0 radical (unpaired) electrons. The van der Waals surface area contributed by atoms with Crippen molar-refractivity contribution < 1.29 is 4.79 Å². The minimum absolute atomic E-state index is 0.161. The highest BCUT2D eigenvalue weighted by molar-refractivity contribution is 7.15. The monoisotopic (exact) mass is 305 g/mol. The van der Waals surface area contributed by atoms with Gasteiger partial charge in [0.25, 0.3) is 5.91 Å². The Morgan fingerprint density at radius 1 is 1.33 bits per heavy atom. The number of carbonyl (C=O) groups excluding carboxylic acids is 1. The van der Waals surface area contributed by atoms with Crippen LogP contribution in [0.3, 0.4) is 0 Å². The first kappa shape index (κ1) is 15.4. The second-order valence-corrected chi connectivity index (χ2v) is 6.14. The fourth-order valence-electron chi connectivity index (χ4n) is 1.74. The van der Waals surface area contributed by atoms with Crippen molar-refractivity contribution in [1.82, 2.24) is 15.0 Å². The molecule has 0 aliphatic rings. The number of aryl methyl sites for hydroxylation is 1. The van der Waals surface area contributed by atoms with E-state index in [2.05, 4.69) is 25.6 Å². The van der Waals surface area contributed by atoms with Crippen LogP contribution in [0.5, 0.6) is 0 Å². The van der Waals surface area contributed by atoms with Gasteiger partial charge in [0, 0.05) is 23.5 Å². The maximum absolute atomic E-state index is 12.4. The predicted molar refractivity (Wildman–Crippen MR) is 85.1 cm³/mol. The van der Waals surface area contributed by atoms with Gasteiger partial charge in [-0.2, -0.15) is 0 Å². The molecule has 6 nitrogen and oxygen atoms in total. The lowest BCUT2D eigenvalue weighted by Gasteiger charge is -2.11. The Labute approximate surface area is 128 Å². The summed E-state index contributed by atoms with van der Waals surface area (Å²) < 4.78 is 0. The summed E-state index contributed by atoms with van der Waals surface area (Å²) in [7, 11) is 0. The molecule has 0 aliphatic heterocycles. The van der Waals surface area contributed by atoms with E-state index in [1.54, 1.807) is 12.4 Å². The highest BCUT2D eigenvalue weighted by atomic mass is 32.1. The van der Waals surface area contributed by atoms with E-state index >= 15 is 0 Å². The van der Waals surface area contributed by atoms with Gasteiger partial charge in [-0.3, -0.25) is 10.1 Å². The molecule has 2 N–H and O–H groups in total. The quantitative estimate of drug-likeness (QED) is 0.887. The standard InChI is InChI=1S/C14H19N5OS/c1-5-15-10-7-16-12(8(2)3)18-11(10)13(20)19-14-17-6-9(4)21-14/h6-8,15H,5H2,1-4H3,(H,17,19,20). The summed E-state index contributed by atoms with van der Waals surface area (Å²) >= 11 is 1.43. The number of anilines is 2. The lowest BCUT2D eigenvalue weighted by molar-refractivity contribution is 0.102. The fraction of sp³-hybridized carbons (Fsp3) is 0.429. The van der Waals surface area contributed by atoms with Crippen LogP contribution in [0.25, 0.3) is 0 Å². The Balaban J connectivity index is 2.30. The summed E-state index contributed by atoms with van der Waals surface area (Å²) in [5.41, 5.74) is 0.982.